The molecular formula is C27H40O14. The lowest BCUT2D eigenvalue weighted by Crippen LogP contribution is -2.60. The first kappa shape index (κ1) is 32.7. The van der Waals surface area contributed by atoms with E-state index in [-0.39, 0.29) is 32.0 Å². The van der Waals surface area contributed by atoms with E-state index in [9.17, 15) is 34.5 Å². The van der Waals surface area contributed by atoms with E-state index in [2.05, 4.69) is 0 Å². The van der Waals surface area contributed by atoms with Gasteiger partial charge in [0.25, 0.3) is 0 Å². The summed E-state index contributed by atoms with van der Waals surface area (Å²) in [5.74, 6) is -3.87. The quantitative estimate of drug-likeness (QED) is 0.215. The Balaban J connectivity index is 1.86. The van der Waals surface area contributed by atoms with E-state index >= 15 is 0 Å². The average molecular weight is 589 g/mol. The second-order valence-corrected chi connectivity index (χ2v) is 10.9. The van der Waals surface area contributed by atoms with E-state index in [0.29, 0.717) is 5.57 Å². The van der Waals surface area contributed by atoms with Crippen molar-refractivity contribution in [3.63, 3.8) is 0 Å². The predicted octanol–water partition coefficient (Wildman–Crippen LogP) is -0.0497. The number of ether oxygens (including phenoxy) is 7. The molecule has 0 aromatic carbocycles. The molecule has 3 N–H and O–H groups in total. The second kappa shape index (κ2) is 14.4. The monoisotopic (exact) mass is 588 g/mol. The molecule has 2 aliphatic heterocycles. The summed E-state index contributed by atoms with van der Waals surface area (Å²) >= 11 is 0. The van der Waals surface area contributed by atoms with Crippen LogP contribution >= 0.6 is 0 Å². The van der Waals surface area contributed by atoms with E-state index in [1.165, 1.54) is 20.1 Å². The number of hydrogen-bond acceptors (Lipinski definition) is 14. The summed E-state index contributed by atoms with van der Waals surface area (Å²) in [7, 11) is 0. The topological polar surface area (TPSA) is 194 Å². The molecule has 14 heteroatoms. The summed E-state index contributed by atoms with van der Waals surface area (Å²) in [4.78, 5) is 47.8. The zero-order valence-corrected chi connectivity index (χ0v) is 23.8. The van der Waals surface area contributed by atoms with Crippen LogP contribution in [0.15, 0.2) is 11.8 Å². The summed E-state index contributed by atoms with van der Waals surface area (Å²) in [6, 6.07) is 0. The predicted molar refractivity (Wildman–Crippen MR) is 135 cm³/mol. The zero-order chi connectivity index (χ0) is 30.4. The molecule has 0 aromatic rings. The van der Waals surface area contributed by atoms with Crippen molar-refractivity contribution in [2.75, 3.05) is 19.8 Å². The fourth-order valence-corrected chi connectivity index (χ4v) is 5.48. The number of fused-ring (bicyclic) bond motifs is 1. The third-order valence-electron chi connectivity index (χ3n) is 7.23. The van der Waals surface area contributed by atoms with Crippen LogP contribution in [0.2, 0.25) is 0 Å². The third-order valence-corrected chi connectivity index (χ3v) is 7.23. The number of aliphatic hydroxyl groups is 3. The van der Waals surface area contributed by atoms with Crippen molar-refractivity contribution >= 4 is 23.9 Å². The first-order valence-corrected chi connectivity index (χ1v) is 13.6. The summed E-state index contributed by atoms with van der Waals surface area (Å²) < 4.78 is 38.9. The number of carbonyl (C=O) groups is 4. The average Bonchev–Trinajstić information content (AvgIpc) is 3.23. The summed E-state index contributed by atoms with van der Waals surface area (Å²) in [6.45, 7) is 6.42. The Bertz CT molecular complexity index is 979. The molecule has 2 heterocycles. The molecule has 232 valence electrons. The molecule has 3 rings (SSSR count). The van der Waals surface area contributed by atoms with Crippen LogP contribution in [0.3, 0.4) is 0 Å². The van der Waals surface area contributed by atoms with E-state index < -0.39 is 91.3 Å². The van der Waals surface area contributed by atoms with E-state index in [1.54, 1.807) is 0 Å². The van der Waals surface area contributed by atoms with Crippen LogP contribution in [0, 0.1) is 23.7 Å². The first-order valence-electron chi connectivity index (χ1n) is 13.6. The molecule has 1 saturated carbocycles. The van der Waals surface area contributed by atoms with Crippen molar-refractivity contribution in [2.45, 2.75) is 90.6 Å². The molecule has 0 amide bonds. The van der Waals surface area contributed by atoms with Crippen LogP contribution in [-0.2, 0) is 52.3 Å². The van der Waals surface area contributed by atoms with E-state index in [0.717, 1.165) is 6.92 Å². The molecule has 0 radical (unpaired) electrons. The van der Waals surface area contributed by atoms with E-state index in [4.69, 9.17) is 33.2 Å². The molecule has 14 nitrogen and oxygen atoms in total. The Kier molecular flexibility index (Phi) is 11.5. The number of rotatable bonds is 11. The normalized spacial score (nSPS) is 34.6. The molecule has 0 bridgehead atoms. The van der Waals surface area contributed by atoms with Crippen LogP contribution in [0.5, 0.6) is 0 Å². The van der Waals surface area contributed by atoms with Gasteiger partial charge in [-0.3, -0.25) is 19.2 Å². The number of aliphatic hydroxyl groups excluding tert-OH is 3. The van der Waals surface area contributed by atoms with E-state index in [1.807, 2.05) is 13.8 Å². The maximum absolute atomic E-state index is 12.6. The van der Waals surface area contributed by atoms with Crippen molar-refractivity contribution in [1.82, 2.24) is 0 Å². The minimum atomic E-state index is -1.60. The third kappa shape index (κ3) is 8.38. The van der Waals surface area contributed by atoms with Crippen LogP contribution in [-0.4, -0.2) is 102 Å². The van der Waals surface area contributed by atoms with Gasteiger partial charge in [-0.1, -0.05) is 13.8 Å². The van der Waals surface area contributed by atoms with Crippen molar-refractivity contribution in [1.29, 1.82) is 0 Å². The van der Waals surface area contributed by atoms with Crippen molar-refractivity contribution in [3.8, 4) is 0 Å². The zero-order valence-electron chi connectivity index (χ0n) is 23.8. The highest BCUT2D eigenvalue weighted by Crippen LogP contribution is 2.48. The largest absolute Gasteiger partial charge is 0.465 e. The Morgan fingerprint density at radius 3 is 2.24 bits per heavy atom. The fourth-order valence-electron chi connectivity index (χ4n) is 5.48. The molecule has 0 spiro atoms. The molecule has 3 aliphatic rings. The van der Waals surface area contributed by atoms with Gasteiger partial charge in [0.2, 0.25) is 6.29 Å². The van der Waals surface area contributed by atoms with Gasteiger partial charge in [-0.25, -0.2) is 0 Å². The Morgan fingerprint density at radius 2 is 1.66 bits per heavy atom. The maximum Gasteiger partial charge on any atom is 0.309 e. The van der Waals surface area contributed by atoms with Crippen molar-refractivity contribution in [2.24, 2.45) is 23.7 Å². The van der Waals surface area contributed by atoms with Gasteiger partial charge in [-0.05, 0) is 23.8 Å². The highest BCUT2D eigenvalue weighted by molar-refractivity contribution is 5.70. The van der Waals surface area contributed by atoms with Crippen molar-refractivity contribution in [3.05, 3.63) is 11.8 Å². The number of esters is 4. The minimum absolute atomic E-state index is 0.0351. The molecule has 2 fully saturated rings. The summed E-state index contributed by atoms with van der Waals surface area (Å²) in [5, 5.41) is 30.3. The van der Waals surface area contributed by atoms with Crippen LogP contribution in [0.4, 0.5) is 0 Å². The highest BCUT2D eigenvalue weighted by atomic mass is 16.7. The summed E-state index contributed by atoms with van der Waals surface area (Å²) in [6.07, 6.45) is -7.08. The van der Waals surface area contributed by atoms with Gasteiger partial charge in [-0.2, -0.15) is 0 Å². The van der Waals surface area contributed by atoms with Crippen molar-refractivity contribution < 1.29 is 67.7 Å². The maximum atomic E-state index is 12.6. The molecule has 41 heavy (non-hydrogen) atoms. The minimum Gasteiger partial charge on any atom is -0.465 e. The Hall–Kier alpha value is -2.78. The lowest BCUT2D eigenvalue weighted by atomic mass is 9.83. The van der Waals surface area contributed by atoms with Crippen LogP contribution in [0.1, 0.15) is 47.5 Å². The SMILES string of the molecule is CC(=O)OC[C@@H]1[C@H]2[C@H](OC(=O)CC(C)C)OC=C(CO[C@@H]3O[C@H](CO)[C@@H](O)[C@H](O)[C@H]3OC(C)=O)[C@H]2C[C@@H]1OC(C)=O. The van der Waals surface area contributed by atoms with Gasteiger partial charge in [-0.15, -0.1) is 0 Å². The molecule has 1 saturated heterocycles. The van der Waals surface area contributed by atoms with Gasteiger partial charge < -0.3 is 48.5 Å². The highest BCUT2D eigenvalue weighted by Gasteiger charge is 2.54. The molecule has 0 aromatic heterocycles. The molecule has 0 unspecified atom stereocenters. The fraction of sp³-hybridized carbons (Fsp3) is 0.778. The van der Waals surface area contributed by atoms with Crippen LogP contribution in [0.25, 0.3) is 0 Å². The first-order chi connectivity index (χ1) is 19.3. The Morgan fingerprint density at radius 1 is 0.976 bits per heavy atom. The van der Waals surface area contributed by atoms with Crippen LogP contribution < -0.4 is 0 Å². The van der Waals surface area contributed by atoms with Gasteiger partial charge in [0.15, 0.2) is 12.4 Å². The molecular weight excluding hydrogens is 548 g/mol. The smallest absolute Gasteiger partial charge is 0.309 e. The Labute approximate surface area is 237 Å². The van der Waals surface area contributed by atoms with Gasteiger partial charge in [0, 0.05) is 39.0 Å². The standard InChI is InChI=1S/C27H40O14/c1-12(2)6-21(32)41-26-22-17(7-19(38-14(4)30)18(22)11-35-13(3)29)16(9-36-26)10-37-27-25(39-15(5)31)24(34)23(33)20(8-28)40-27/h9,12,17-20,22-28,33-34H,6-8,10-11H2,1-5H3/t17-,18+,19+,20-,22+,23-,24+,25-,26+,27-/m1/s1. The van der Waals surface area contributed by atoms with Gasteiger partial charge in [0.1, 0.15) is 24.4 Å². The second-order valence-electron chi connectivity index (χ2n) is 10.9. The molecule has 10 atom stereocenters. The lowest BCUT2D eigenvalue weighted by molar-refractivity contribution is -0.302. The lowest BCUT2D eigenvalue weighted by Gasteiger charge is -2.41. The molecule has 1 aliphatic carbocycles. The van der Waals surface area contributed by atoms with Gasteiger partial charge >= 0.3 is 23.9 Å². The number of carbonyl (C=O) groups excluding carboxylic acids is 4. The number of hydrogen-bond donors (Lipinski definition) is 3. The summed E-state index contributed by atoms with van der Waals surface area (Å²) in [5.41, 5.74) is 0.542. The van der Waals surface area contributed by atoms with Gasteiger partial charge in [0.05, 0.1) is 26.1 Å².